The van der Waals surface area contributed by atoms with Crippen molar-refractivity contribution in [2.75, 3.05) is 26.0 Å². The summed E-state index contributed by atoms with van der Waals surface area (Å²) in [4.78, 5) is 42.8. The van der Waals surface area contributed by atoms with Crippen molar-refractivity contribution in [3.8, 4) is 5.75 Å². The fraction of sp³-hybridized carbons (Fsp3) is 0.606. The van der Waals surface area contributed by atoms with Crippen molar-refractivity contribution in [1.29, 1.82) is 0 Å². The van der Waals surface area contributed by atoms with Crippen LogP contribution in [0.4, 0.5) is 5.69 Å². The molecule has 6 N–H and O–H groups in total. The first-order valence-electron chi connectivity index (χ1n) is 15.2. The van der Waals surface area contributed by atoms with Crippen LogP contribution in [-0.4, -0.2) is 75.6 Å². The molecule has 10 heteroatoms. The molecule has 232 valence electrons. The molecule has 1 amide bonds. The molecule has 2 bridgehead atoms. The van der Waals surface area contributed by atoms with Gasteiger partial charge < -0.3 is 31.1 Å². The maximum atomic E-state index is 13.8. The number of Topliss-reactive ketones (excluding diaryl/α,β-unsaturated/α-hetero) is 2. The molecule has 6 rings (SSSR count). The number of nitrogens with zero attached hydrogens (tertiary/aromatic N) is 2. The van der Waals surface area contributed by atoms with E-state index in [-0.39, 0.29) is 47.0 Å². The number of aliphatic hydroxyl groups is 3. The third-order valence-electron chi connectivity index (χ3n) is 12.3. The van der Waals surface area contributed by atoms with Gasteiger partial charge >= 0.3 is 0 Å². The van der Waals surface area contributed by atoms with Crippen molar-refractivity contribution in [2.45, 2.75) is 77.5 Å². The largest absolute Gasteiger partial charge is 0.508 e. The van der Waals surface area contributed by atoms with Crippen molar-refractivity contribution in [2.24, 2.45) is 34.3 Å². The van der Waals surface area contributed by atoms with Gasteiger partial charge in [-0.3, -0.25) is 19.3 Å². The number of carbonyl (C=O) groups excluding carboxylic acids is 3. The van der Waals surface area contributed by atoms with E-state index in [9.17, 15) is 34.8 Å². The van der Waals surface area contributed by atoms with Crippen molar-refractivity contribution in [1.82, 2.24) is 4.90 Å². The van der Waals surface area contributed by atoms with Crippen LogP contribution >= 0.6 is 0 Å². The molecule has 10 nitrogen and oxygen atoms in total. The first-order valence-corrected chi connectivity index (χ1v) is 15.2. The summed E-state index contributed by atoms with van der Waals surface area (Å²) in [5, 5.41) is 45.2. The number of hydrogen-bond donors (Lipinski definition) is 5. The summed E-state index contributed by atoms with van der Waals surface area (Å²) >= 11 is 0. The molecule has 3 fully saturated rings. The van der Waals surface area contributed by atoms with Gasteiger partial charge in [0.15, 0.2) is 11.4 Å². The number of ketones is 2. The van der Waals surface area contributed by atoms with Crippen molar-refractivity contribution in [3.63, 3.8) is 0 Å². The molecule has 0 saturated heterocycles. The molecule has 3 saturated carbocycles. The summed E-state index contributed by atoms with van der Waals surface area (Å²) in [5.41, 5.74) is 4.80. The van der Waals surface area contributed by atoms with Gasteiger partial charge in [0.1, 0.15) is 22.8 Å². The molecule has 0 radical (unpaired) electrons. The monoisotopic (exact) mass is 593 g/mol. The van der Waals surface area contributed by atoms with E-state index in [1.54, 1.807) is 6.07 Å². The molecule has 1 aromatic rings. The Morgan fingerprint density at radius 1 is 1.05 bits per heavy atom. The van der Waals surface area contributed by atoms with E-state index in [0.717, 1.165) is 17.7 Å². The second-order valence-corrected chi connectivity index (χ2v) is 14.6. The number of phenols is 1. The van der Waals surface area contributed by atoms with Crippen LogP contribution in [0.3, 0.4) is 0 Å². The lowest BCUT2D eigenvalue weighted by molar-refractivity contribution is -0.147. The standard InChI is InChI=1S/C33H43N3O7/c1-31(2)17-7-8-32(31,3)22(13-17)36(6)14-16-11-20(37)24-19(26(16)35(4)5)10-15-9-18-12-21(38)25(30(34)42)29(41)33(18,43)28(40)23(15)27(24)39/h11,15,17-18,22,37,39,41,43H,7-10,12-14H2,1-6H3,(H2,34,42)/t15?,17?,18-,22-,32?,33-/m0/s1. The van der Waals surface area contributed by atoms with Crippen LogP contribution in [-0.2, 0) is 27.3 Å². The molecule has 3 unspecified atom stereocenters. The van der Waals surface area contributed by atoms with E-state index in [0.29, 0.717) is 24.1 Å². The lowest BCUT2D eigenvalue weighted by atomic mass is 9.59. The number of nitrogens with two attached hydrogens (primary N) is 1. The Balaban J connectivity index is 1.42. The minimum absolute atomic E-state index is 0.109. The van der Waals surface area contributed by atoms with E-state index in [2.05, 4.69) is 32.7 Å². The van der Waals surface area contributed by atoms with E-state index < -0.39 is 52.0 Å². The summed E-state index contributed by atoms with van der Waals surface area (Å²) < 4.78 is 0. The highest BCUT2D eigenvalue weighted by Crippen LogP contribution is 2.66. The highest BCUT2D eigenvalue weighted by atomic mass is 16.3. The number of aromatic hydroxyl groups is 1. The van der Waals surface area contributed by atoms with Crippen LogP contribution in [0.15, 0.2) is 23.0 Å². The zero-order valence-corrected chi connectivity index (χ0v) is 25.8. The summed E-state index contributed by atoms with van der Waals surface area (Å²) in [6.45, 7) is 7.76. The van der Waals surface area contributed by atoms with Crippen LogP contribution in [0.25, 0.3) is 5.76 Å². The molecule has 0 aliphatic heterocycles. The van der Waals surface area contributed by atoms with Gasteiger partial charge in [0.25, 0.3) is 5.91 Å². The van der Waals surface area contributed by atoms with Gasteiger partial charge in [-0.15, -0.1) is 0 Å². The Morgan fingerprint density at radius 2 is 1.72 bits per heavy atom. The fourth-order valence-corrected chi connectivity index (χ4v) is 9.63. The van der Waals surface area contributed by atoms with Gasteiger partial charge in [-0.05, 0) is 79.0 Å². The predicted molar refractivity (Wildman–Crippen MR) is 160 cm³/mol. The van der Waals surface area contributed by atoms with Gasteiger partial charge in [-0.1, -0.05) is 20.8 Å². The molecular weight excluding hydrogens is 550 g/mol. The second kappa shape index (κ2) is 9.32. The quantitative estimate of drug-likeness (QED) is 0.323. The summed E-state index contributed by atoms with van der Waals surface area (Å²) in [6, 6.07) is 2.03. The number of fused-ring (bicyclic) bond motifs is 5. The number of primary amides is 1. The van der Waals surface area contributed by atoms with Gasteiger partial charge in [0.05, 0.1) is 5.56 Å². The Morgan fingerprint density at radius 3 is 2.28 bits per heavy atom. The molecular formula is C33H43N3O7. The molecule has 6 atom stereocenters. The normalized spacial score (nSPS) is 34.4. The molecule has 5 aliphatic carbocycles. The molecule has 0 heterocycles. The Bertz CT molecular complexity index is 1540. The van der Waals surface area contributed by atoms with Gasteiger partial charge in [-0.25, -0.2) is 0 Å². The van der Waals surface area contributed by atoms with Crippen LogP contribution in [0.5, 0.6) is 5.75 Å². The molecule has 0 spiro atoms. The minimum Gasteiger partial charge on any atom is -0.508 e. The number of benzene rings is 1. The molecule has 1 aromatic carbocycles. The molecule has 0 aromatic heterocycles. The van der Waals surface area contributed by atoms with Crippen molar-refractivity contribution >= 4 is 28.9 Å². The first-order chi connectivity index (χ1) is 20.0. The zero-order valence-electron chi connectivity index (χ0n) is 25.8. The minimum atomic E-state index is -2.57. The van der Waals surface area contributed by atoms with E-state index in [1.165, 1.54) is 12.8 Å². The van der Waals surface area contributed by atoms with Gasteiger partial charge in [-0.2, -0.15) is 0 Å². The van der Waals surface area contributed by atoms with E-state index >= 15 is 0 Å². The number of phenolic OH excluding ortho intramolecular Hbond substituents is 1. The zero-order chi connectivity index (χ0) is 31.5. The third kappa shape index (κ3) is 3.75. The van der Waals surface area contributed by atoms with E-state index in [4.69, 9.17) is 5.73 Å². The third-order valence-corrected chi connectivity index (χ3v) is 12.3. The SMILES string of the molecule is CN(C)c1c(CN(C)[C@H]2CC3CCC2(C)C3(C)C)cc(O)c2c1CC1C[C@H]3CC(=O)C(C(N)=O)=C(O)[C@@]3(O)C(=O)C1=C2O. The highest BCUT2D eigenvalue weighted by molar-refractivity contribution is 6.22. The van der Waals surface area contributed by atoms with Crippen LogP contribution in [0.1, 0.15) is 69.6 Å². The topological polar surface area (TPSA) is 165 Å². The van der Waals surface area contributed by atoms with Crippen molar-refractivity contribution in [3.05, 3.63) is 39.7 Å². The Hall–Kier alpha value is -3.37. The Labute approximate surface area is 251 Å². The number of carbonyl (C=O) groups is 3. The fourth-order valence-electron chi connectivity index (χ4n) is 9.63. The number of rotatable bonds is 5. The number of hydrogen-bond acceptors (Lipinski definition) is 9. The maximum Gasteiger partial charge on any atom is 0.255 e. The average Bonchev–Trinajstić information content (AvgIpc) is 3.24. The van der Waals surface area contributed by atoms with Gasteiger partial charge in [0.2, 0.25) is 5.78 Å². The van der Waals surface area contributed by atoms with Crippen molar-refractivity contribution < 1.29 is 34.8 Å². The number of amides is 1. The van der Waals surface area contributed by atoms with Crippen LogP contribution in [0, 0.1) is 28.6 Å². The van der Waals surface area contributed by atoms with Crippen LogP contribution < -0.4 is 10.6 Å². The summed E-state index contributed by atoms with van der Waals surface area (Å²) in [7, 11) is 5.96. The summed E-state index contributed by atoms with van der Waals surface area (Å²) in [6.07, 6.45) is 3.63. The highest BCUT2D eigenvalue weighted by Gasteiger charge is 2.63. The number of anilines is 1. The summed E-state index contributed by atoms with van der Waals surface area (Å²) in [5.74, 6) is -5.53. The average molecular weight is 594 g/mol. The van der Waals surface area contributed by atoms with Crippen LogP contribution in [0.2, 0.25) is 0 Å². The number of aliphatic hydroxyl groups excluding tert-OH is 2. The molecule has 5 aliphatic rings. The smallest absolute Gasteiger partial charge is 0.255 e. The predicted octanol–water partition coefficient (Wildman–Crippen LogP) is 3.14. The Kier molecular flexibility index (Phi) is 6.43. The lowest BCUT2D eigenvalue weighted by Gasteiger charge is -2.46. The lowest BCUT2D eigenvalue weighted by Crippen LogP contribution is -2.58. The molecule has 43 heavy (non-hydrogen) atoms. The maximum absolute atomic E-state index is 13.8. The van der Waals surface area contributed by atoms with E-state index in [1.807, 2.05) is 19.0 Å². The first kappa shape index (κ1) is 29.7. The van der Waals surface area contributed by atoms with Gasteiger partial charge in [0, 0.05) is 50.3 Å². The second-order valence-electron chi connectivity index (χ2n) is 14.6.